The first-order chi connectivity index (χ1) is 12.8. The van der Waals surface area contributed by atoms with Crippen molar-refractivity contribution in [1.82, 2.24) is 14.5 Å². The Morgan fingerprint density at radius 1 is 0.923 bits per heavy atom. The van der Waals surface area contributed by atoms with Crippen LogP contribution < -0.4 is 0 Å². The van der Waals surface area contributed by atoms with Crippen LogP contribution in [0, 0.1) is 0 Å². The molecule has 128 valence electrons. The molecule has 2 aromatic heterocycles. The van der Waals surface area contributed by atoms with Crippen molar-refractivity contribution in [2.75, 3.05) is 6.54 Å². The highest BCUT2D eigenvalue weighted by molar-refractivity contribution is 5.95. The Morgan fingerprint density at radius 3 is 2.50 bits per heavy atom. The fraction of sp³-hybridized carbons (Fsp3) is 0.136. The second-order valence-corrected chi connectivity index (χ2v) is 6.74. The van der Waals surface area contributed by atoms with E-state index in [-0.39, 0.29) is 5.91 Å². The van der Waals surface area contributed by atoms with Gasteiger partial charge in [-0.2, -0.15) is 0 Å². The van der Waals surface area contributed by atoms with Gasteiger partial charge in [-0.3, -0.25) is 4.79 Å². The lowest BCUT2D eigenvalue weighted by molar-refractivity contribution is 0.0735. The van der Waals surface area contributed by atoms with Gasteiger partial charge in [-0.1, -0.05) is 18.2 Å². The first-order valence-corrected chi connectivity index (χ1v) is 8.91. The van der Waals surface area contributed by atoms with Crippen LogP contribution in [0.4, 0.5) is 0 Å². The molecule has 1 aliphatic heterocycles. The Labute approximate surface area is 151 Å². The van der Waals surface area contributed by atoms with Crippen molar-refractivity contribution in [3.05, 3.63) is 89.9 Å². The molecule has 4 heteroatoms. The average molecular weight is 341 g/mol. The number of carbonyl (C=O) groups is 1. The molecule has 0 atom stereocenters. The van der Waals surface area contributed by atoms with E-state index in [0.717, 1.165) is 29.7 Å². The van der Waals surface area contributed by atoms with Crippen molar-refractivity contribution in [3.8, 4) is 5.69 Å². The van der Waals surface area contributed by atoms with Crippen molar-refractivity contribution < 1.29 is 4.79 Å². The van der Waals surface area contributed by atoms with Crippen molar-refractivity contribution in [3.63, 3.8) is 0 Å². The van der Waals surface area contributed by atoms with Gasteiger partial charge >= 0.3 is 0 Å². The Morgan fingerprint density at radius 2 is 1.69 bits per heavy atom. The number of H-pyrrole nitrogens is 1. The largest absolute Gasteiger partial charge is 0.358 e. The third-order valence-corrected chi connectivity index (χ3v) is 5.19. The summed E-state index contributed by atoms with van der Waals surface area (Å²) in [6.45, 7) is 1.41. The molecule has 5 rings (SSSR count). The number of benzene rings is 2. The van der Waals surface area contributed by atoms with Crippen molar-refractivity contribution in [1.29, 1.82) is 0 Å². The average Bonchev–Trinajstić information content (AvgIpc) is 3.35. The molecule has 0 saturated carbocycles. The van der Waals surface area contributed by atoms with Crippen LogP contribution in [0.1, 0.15) is 21.6 Å². The number of aromatic amines is 1. The monoisotopic (exact) mass is 341 g/mol. The number of nitrogens with one attached hydrogen (secondary N) is 1. The quantitative estimate of drug-likeness (QED) is 0.584. The molecule has 1 amide bonds. The van der Waals surface area contributed by atoms with Crippen LogP contribution in [-0.4, -0.2) is 26.9 Å². The number of hydrogen-bond acceptors (Lipinski definition) is 1. The number of aromatic nitrogens is 2. The van der Waals surface area contributed by atoms with Crippen LogP contribution in [0.2, 0.25) is 0 Å². The van der Waals surface area contributed by atoms with E-state index in [9.17, 15) is 4.79 Å². The summed E-state index contributed by atoms with van der Waals surface area (Å²) in [5.41, 5.74) is 5.47. The number of amides is 1. The first-order valence-electron chi connectivity index (χ1n) is 8.91. The van der Waals surface area contributed by atoms with Gasteiger partial charge in [-0.25, -0.2) is 0 Å². The van der Waals surface area contributed by atoms with Crippen molar-refractivity contribution in [2.24, 2.45) is 0 Å². The number of nitrogens with zero attached hydrogens (tertiary/aromatic N) is 2. The van der Waals surface area contributed by atoms with Crippen LogP contribution >= 0.6 is 0 Å². The zero-order valence-corrected chi connectivity index (χ0v) is 14.4. The Kier molecular flexibility index (Phi) is 3.42. The Hall–Kier alpha value is -3.27. The molecule has 0 aliphatic carbocycles. The van der Waals surface area contributed by atoms with E-state index >= 15 is 0 Å². The summed E-state index contributed by atoms with van der Waals surface area (Å²) in [5, 5.41) is 1.22. The van der Waals surface area contributed by atoms with Crippen LogP contribution in [0.25, 0.3) is 16.6 Å². The summed E-state index contributed by atoms with van der Waals surface area (Å²) >= 11 is 0. The highest BCUT2D eigenvalue weighted by Gasteiger charge is 2.24. The van der Waals surface area contributed by atoms with Gasteiger partial charge in [0.05, 0.1) is 0 Å². The van der Waals surface area contributed by atoms with Gasteiger partial charge in [0.2, 0.25) is 0 Å². The molecule has 0 fully saturated rings. The summed E-state index contributed by atoms with van der Waals surface area (Å²) in [4.78, 5) is 18.4. The van der Waals surface area contributed by atoms with Gasteiger partial charge < -0.3 is 14.5 Å². The molecule has 0 unspecified atom stereocenters. The lowest BCUT2D eigenvalue weighted by Crippen LogP contribution is -2.35. The molecule has 3 heterocycles. The lowest BCUT2D eigenvalue weighted by atomic mass is 10.0. The fourth-order valence-electron chi connectivity index (χ4n) is 3.81. The normalized spacial score (nSPS) is 13.8. The van der Waals surface area contributed by atoms with E-state index in [1.807, 2.05) is 64.3 Å². The van der Waals surface area contributed by atoms with E-state index in [4.69, 9.17) is 0 Å². The molecule has 4 nitrogen and oxygen atoms in total. The molecule has 1 aliphatic rings. The van der Waals surface area contributed by atoms with E-state index < -0.39 is 0 Å². The Balaban J connectivity index is 1.41. The maximum Gasteiger partial charge on any atom is 0.254 e. The van der Waals surface area contributed by atoms with E-state index in [0.29, 0.717) is 6.54 Å². The van der Waals surface area contributed by atoms with Gasteiger partial charge in [0.25, 0.3) is 5.91 Å². The molecule has 0 spiro atoms. The number of para-hydroxylation sites is 1. The smallest absolute Gasteiger partial charge is 0.254 e. The summed E-state index contributed by atoms with van der Waals surface area (Å²) in [6, 6.07) is 20.1. The molecule has 0 radical (unpaired) electrons. The van der Waals surface area contributed by atoms with E-state index in [1.54, 1.807) is 0 Å². The van der Waals surface area contributed by atoms with Gasteiger partial charge in [-0.15, -0.1) is 0 Å². The second kappa shape index (κ2) is 5.92. The van der Waals surface area contributed by atoms with Crippen LogP contribution in [0.3, 0.4) is 0 Å². The standard InChI is InChI=1S/C22H19N3O/c26-22(16-7-9-17(10-8-16)24-12-3-4-13-24)25-14-11-21-19(15-25)18-5-1-2-6-20(18)23-21/h1-10,12-13,23H,11,14-15H2. The topological polar surface area (TPSA) is 41.0 Å². The van der Waals surface area contributed by atoms with Crippen molar-refractivity contribution in [2.45, 2.75) is 13.0 Å². The third-order valence-electron chi connectivity index (χ3n) is 5.19. The first kappa shape index (κ1) is 15.0. The minimum atomic E-state index is 0.0972. The predicted octanol–water partition coefficient (Wildman–Crippen LogP) is 4.16. The zero-order valence-electron chi connectivity index (χ0n) is 14.4. The van der Waals surface area contributed by atoms with Gasteiger partial charge in [-0.05, 0) is 42.5 Å². The maximum atomic E-state index is 13.0. The van der Waals surface area contributed by atoms with Gasteiger partial charge in [0, 0.05) is 65.3 Å². The van der Waals surface area contributed by atoms with E-state index in [1.165, 1.54) is 16.6 Å². The molecule has 26 heavy (non-hydrogen) atoms. The SMILES string of the molecule is O=C(c1ccc(-n2cccc2)cc1)N1CCc2[nH]c3ccccc3c2C1. The summed E-state index contributed by atoms with van der Waals surface area (Å²) in [5.74, 6) is 0.0972. The van der Waals surface area contributed by atoms with Gasteiger partial charge in [0.1, 0.15) is 0 Å². The summed E-state index contributed by atoms with van der Waals surface area (Å²) < 4.78 is 2.04. The second-order valence-electron chi connectivity index (χ2n) is 6.74. The third kappa shape index (κ3) is 2.42. The van der Waals surface area contributed by atoms with Crippen LogP contribution in [0.5, 0.6) is 0 Å². The molecular formula is C22H19N3O. The van der Waals surface area contributed by atoms with E-state index in [2.05, 4.69) is 23.2 Å². The zero-order chi connectivity index (χ0) is 17.5. The predicted molar refractivity (Wildman–Crippen MR) is 103 cm³/mol. The highest BCUT2D eigenvalue weighted by Crippen LogP contribution is 2.28. The number of fused-ring (bicyclic) bond motifs is 3. The lowest BCUT2D eigenvalue weighted by Gasteiger charge is -2.27. The molecule has 4 aromatic rings. The Bertz CT molecular complexity index is 1070. The molecular weight excluding hydrogens is 322 g/mol. The number of carbonyl (C=O) groups excluding carboxylic acids is 1. The van der Waals surface area contributed by atoms with Crippen LogP contribution in [0.15, 0.2) is 73.1 Å². The summed E-state index contributed by atoms with van der Waals surface area (Å²) in [7, 11) is 0. The fourth-order valence-corrected chi connectivity index (χ4v) is 3.81. The van der Waals surface area contributed by atoms with Crippen LogP contribution in [-0.2, 0) is 13.0 Å². The molecule has 2 aromatic carbocycles. The number of rotatable bonds is 2. The highest BCUT2D eigenvalue weighted by atomic mass is 16.2. The minimum absolute atomic E-state index is 0.0972. The molecule has 0 bridgehead atoms. The number of hydrogen-bond donors (Lipinski definition) is 1. The summed E-state index contributed by atoms with van der Waals surface area (Å²) in [6.07, 6.45) is 4.87. The van der Waals surface area contributed by atoms with Crippen molar-refractivity contribution >= 4 is 16.8 Å². The van der Waals surface area contributed by atoms with Gasteiger partial charge in [0.15, 0.2) is 0 Å². The maximum absolute atomic E-state index is 13.0. The minimum Gasteiger partial charge on any atom is -0.358 e. The molecule has 1 N–H and O–H groups in total. The molecule has 0 saturated heterocycles.